The van der Waals surface area contributed by atoms with Crippen LogP contribution in [0.15, 0.2) is 176 Å². The first-order chi connectivity index (χ1) is 25.2. The highest BCUT2D eigenvalue weighted by atomic mass is 16.5. The summed E-state index contributed by atoms with van der Waals surface area (Å²) in [7, 11) is 0. The molecule has 1 aliphatic heterocycles. The first-order valence-electron chi connectivity index (χ1n) is 17.1. The van der Waals surface area contributed by atoms with Gasteiger partial charge in [-0.1, -0.05) is 84.9 Å². The number of aromatic nitrogens is 1. The average molecular weight is 652 g/mol. The second-order valence-electron chi connectivity index (χ2n) is 12.9. The largest absolute Gasteiger partial charge is 0.456 e. The number of rotatable bonds is 5. The normalized spacial score (nSPS) is 11.7. The van der Waals surface area contributed by atoms with Crippen LogP contribution in [0.2, 0.25) is 0 Å². The Morgan fingerprint density at radius 1 is 0.490 bits per heavy atom. The zero-order chi connectivity index (χ0) is 33.9. The van der Waals surface area contributed by atoms with E-state index in [1.54, 1.807) is 0 Å². The molecular formula is C47H29N3O. The van der Waals surface area contributed by atoms with Gasteiger partial charge in [-0.25, -0.2) is 0 Å². The highest BCUT2D eigenvalue weighted by Gasteiger charge is 2.22. The number of para-hydroxylation sites is 2. The van der Waals surface area contributed by atoms with Crippen LogP contribution >= 0.6 is 0 Å². The molecule has 0 fully saturated rings. The summed E-state index contributed by atoms with van der Waals surface area (Å²) in [6.07, 6.45) is 0. The van der Waals surface area contributed by atoms with Crippen LogP contribution in [-0.4, -0.2) is 4.57 Å². The molecule has 1 aliphatic rings. The van der Waals surface area contributed by atoms with Gasteiger partial charge in [-0.2, -0.15) is 5.26 Å². The monoisotopic (exact) mass is 651 g/mol. The van der Waals surface area contributed by atoms with Gasteiger partial charge in [0.25, 0.3) is 0 Å². The summed E-state index contributed by atoms with van der Waals surface area (Å²) in [5, 5.41) is 14.3. The van der Waals surface area contributed by atoms with E-state index >= 15 is 0 Å². The van der Waals surface area contributed by atoms with Crippen molar-refractivity contribution in [3.63, 3.8) is 0 Å². The van der Waals surface area contributed by atoms with Crippen LogP contribution in [0, 0.1) is 11.3 Å². The van der Waals surface area contributed by atoms with Crippen molar-refractivity contribution in [3.05, 3.63) is 181 Å². The molecule has 0 bridgehead atoms. The predicted octanol–water partition coefficient (Wildman–Crippen LogP) is 12.7. The third-order valence-electron chi connectivity index (χ3n) is 10.0. The second kappa shape index (κ2) is 11.5. The van der Waals surface area contributed by atoms with E-state index in [9.17, 15) is 5.26 Å². The number of hydrogen-bond acceptors (Lipinski definition) is 3. The van der Waals surface area contributed by atoms with E-state index in [1.807, 2.05) is 36.4 Å². The molecular weight excluding hydrogens is 623 g/mol. The zero-order valence-corrected chi connectivity index (χ0v) is 27.5. The fourth-order valence-corrected chi connectivity index (χ4v) is 7.63. The van der Waals surface area contributed by atoms with Crippen molar-refractivity contribution in [1.82, 2.24) is 4.57 Å². The van der Waals surface area contributed by atoms with Crippen LogP contribution in [0.4, 0.5) is 17.1 Å². The van der Waals surface area contributed by atoms with E-state index in [0.717, 1.165) is 56.3 Å². The summed E-state index contributed by atoms with van der Waals surface area (Å²) < 4.78 is 8.89. The van der Waals surface area contributed by atoms with Crippen LogP contribution < -0.4 is 9.64 Å². The average Bonchev–Trinajstić information content (AvgIpc) is 3.53. The van der Waals surface area contributed by atoms with Crippen LogP contribution in [0.1, 0.15) is 5.56 Å². The number of fused-ring (bicyclic) bond motifs is 5. The number of ether oxygens (including phenoxy) is 1. The lowest BCUT2D eigenvalue weighted by atomic mass is 9.94. The molecule has 238 valence electrons. The second-order valence-corrected chi connectivity index (χ2v) is 12.9. The first kappa shape index (κ1) is 28.9. The Hall–Kier alpha value is -7.09. The van der Waals surface area contributed by atoms with Crippen LogP contribution in [0.5, 0.6) is 11.5 Å². The molecule has 0 atom stereocenters. The number of hydrogen-bond donors (Lipinski definition) is 0. The van der Waals surface area contributed by atoms with Gasteiger partial charge in [-0.05, 0) is 107 Å². The quantitative estimate of drug-likeness (QED) is 0.186. The van der Waals surface area contributed by atoms with Gasteiger partial charge in [0.2, 0.25) is 0 Å². The highest BCUT2D eigenvalue weighted by molar-refractivity contribution is 6.10. The fourth-order valence-electron chi connectivity index (χ4n) is 7.63. The molecule has 4 heteroatoms. The van der Waals surface area contributed by atoms with E-state index in [0.29, 0.717) is 5.56 Å². The third-order valence-corrected chi connectivity index (χ3v) is 10.0. The van der Waals surface area contributed by atoms with Crippen molar-refractivity contribution in [1.29, 1.82) is 5.26 Å². The van der Waals surface area contributed by atoms with E-state index in [2.05, 4.69) is 155 Å². The molecule has 0 unspecified atom stereocenters. The van der Waals surface area contributed by atoms with E-state index in [1.165, 1.54) is 32.8 Å². The van der Waals surface area contributed by atoms with E-state index in [-0.39, 0.29) is 0 Å². The Morgan fingerprint density at radius 2 is 1.18 bits per heavy atom. The molecule has 1 aromatic heterocycles. The molecule has 0 spiro atoms. The minimum atomic E-state index is 0.622. The molecule has 0 saturated carbocycles. The molecule has 0 radical (unpaired) electrons. The van der Waals surface area contributed by atoms with E-state index in [4.69, 9.17) is 4.74 Å². The van der Waals surface area contributed by atoms with Gasteiger partial charge >= 0.3 is 0 Å². The molecule has 0 saturated heterocycles. The van der Waals surface area contributed by atoms with Crippen LogP contribution in [-0.2, 0) is 0 Å². The lowest BCUT2D eigenvalue weighted by molar-refractivity contribution is 0.487. The predicted molar refractivity (Wildman–Crippen MR) is 209 cm³/mol. The lowest BCUT2D eigenvalue weighted by Gasteiger charge is -2.28. The topological polar surface area (TPSA) is 41.2 Å². The van der Waals surface area contributed by atoms with Gasteiger partial charge in [0.15, 0.2) is 0 Å². The summed E-state index contributed by atoms with van der Waals surface area (Å²) in [6, 6.07) is 63.7. The SMILES string of the molecule is N#Cc1ccc(N(c2ccc(-c3ccc4c(c3)c3ccccc3n4-c3ccccc3)cc2)c2ccc3c(c2)Oc2cccc4cccc-3c24)cc1. The maximum atomic E-state index is 9.52. The molecule has 4 nitrogen and oxygen atoms in total. The maximum Gasteiger partial charge on any atom is 0.137 e. The van der Waals surface area contributed by atoms with Gasteiger partial charge in [-0.15, -0.1) is 0 Å². The van der Waals surface area contributed by atoms with Crippen LogP contribution in [0.25, 0.3) is 60.5 Å². The summed E-state index contributed by atoms with van der Waals surface area (Å²) in [4.78, 5) is 2.21. The van der Waals surface area contributed by atoms with Gasteiger partial charge in [0, 0.05) is 50.5 Å². The Labute approximate surface area is 295 Å². The van der Waals surface area contributed by atoms with Gasteiger partial charge in [0.05, 0.1) is 22.7 Å². The lowest BCUT2D eigenvalue weighted by Crippen LogP contribution is -2.10. The number of nitriles is 1. The third kappa shape index (κ3) is 4.68. The smallest absolute Gasteiger partial charge is 0.137 e. The minimum Gasteiger partial charge on any atom is -0.456 e. The minimum absolute atomic E-state index is 0.622. The summed E-state index contributed by atoms with van der Waals surface area (Å²) in [5.74, 6) is 1.68. The van der Waals surface area contributed by atoms with E-state index < -0.39 is 0 Å². The summed E-state index contributed by atoms with van der Waals surface area (Å²) in [6.45, 7) is 0. The Balaban J connectivity index is 1.06. The molecule has 0 N–H and O–H groups in total. The Morgan fingerprint density at radius 3 is 1.98 bits per heavy atom. The van der Waals surface area contributed by atoms with Crippen molar-refractivity contribution in [2.24, 2.45) is 0 Å². The van der Waals surface area contributed by atoms with Crippen molar-refractivity contribution in [3.8, 4) is 45.5 Å². The number of nitrogens with zero attached hydrogens (tertiary/aromatic N) is 3. The maximum absolute atomic E-state index is 9.52. The number of benzene rings is 8. The van der Waals surface area contributed by atoms with Crippen molar-refractivity contribution >= 4 is 49.6 Å². The standard InChI is InChI=1S/C47H29N3O/c48-30-31-16-21-36(22-17-31)49(38-25-26-40-41-13-6-8-33-9-7-15-45(47(33)41)51-46(40)29-38)37-23-18-32(19-24-37)34-20-27-44-42(28-34)39-12-4-5-14-43(39)50(44)35-10-2-1-3-11-35/h1-29H. The molecule has 10 rings (SSSR count). The Bertz CT molecular complexity index is 2820. The fraction of sp³-hybridized carbons (Fsp3) is 0. The summed E-state index contributed by atoms with van der Waals surface area (Å²) >= 11 is 0. The van der Waals surface area contributed by atoms with Crippen molar-refractivity contribution in [2.45, 2.75) is 0 Å². The highest BCUT2D eigenvalue weighted by Crippen LogP contribution is 2.49. The molecule has 8 aromatic carbocycles. The van der Waals surface area contributed by atoms with Crippen molar-refractivity contribution in [2.75, 3.05) is 4.90 Å². The molecule has 51 heavy (non-hydrogen) atoms. The van der Waals surface area contributed by atoms with Gasteiger partial charge in [0.1, 0.15) is 11.5 Å². The molecule has 9 aromatic rings. The summed E-state index contributed by atoms with van der Waals surface area (Å²) in [5.41, 5.74) is 11.6. The molecule has 0 amide bonds. The Kier molecular flexibility index (Phi) is 6.52. The van der Waals surface area contributed by atoms with Crippen LogP contribution in [0.3, 0.4) is 0 Å². The first-order valence-corrected chi connectivity index (χ1v) is 17.1. The molecule has 0 aliphatic carbocycles. The van der Waals surface area contributed by atoms with Gasteiger partial charge < -0.3 is 14.2 Å². The van der Waals surface area contributed by atoms with Gasteiger partial charge in [-0.3, -0.25) is 0 Å². The number of anilines is 3. The van der Waals surface area contributed by atoms with Crippen molar-refractivity contribution < 1.29 is 4.74 Å². The zero-order valence-electron chi connectivity index (χ0n) is 27.5. The molecule has 2 heterocycles.